The topological polar surface area (TPSA) is 91.9 Å². The monoisotopic (exact) mass is 311 g/mol. The van der Waals surface area contributed by atoms with Crippen molar-refractivity contribution in [2.24, 2.45) is 0 Å². The zero-order valence-electron chi connectivity index (χ0n) is 12.8. The smallest absolute Gasteiger partial charge is 0.213 e. The molecule has 1 aliphatic rings. The maximum atomic E-state index is 5.20. The Bertz CT molecular complexity index is 826. The zero-order valence-corrected chi connectivity index (χ0v) is 12.8. The summed E-state index contributed by atoms with van der Waals surface area (Å²) in [4.78, 5) is 15.2. The van der Waals surface area contributed by atoms with Gasteiger partial charge >= 0.3 is 0 Å². The zero-order chi connectivity index (χ0) is 15.6. The summed E-state index contributed by atoms with van der Waals surface area (Å²) in [6, 6.07) is 3.84. The number of pyridine rings is 1. The fourth-order valence-electron chi connectivity index (χ4n) is 2.75. The van der Waals surface area contributed by atoms with Gasteiger partial charge in [0.2, 0.25) is 5.88 Å². The molecule has 3 aromatic rings. The molecule has 0 bridgehead atoms. The van der Waals surface area contributed by atoms with Crippen molar-refractivity contribution in [3.63, 3.8) is 0 Å². The molecule has 0 unspecified atom stereocenters. The number of ether oxygens (including phenoxy) is 1. The van der Waals surface area contributed by atoms with Crippen molar-refractivity contribution in [1.29, 1.82) is 0 Å². The molecule has 23 heavy (non-hydrogen) atoms. The van der Waals surface area contributed by atoms with E-state index in [2.05, 4.69) is 35.4 Å². The number of anilines is 1. The van der Waals surface area contributed by atoms with Gasteiger partial charge in [0.15, 0.2) is 0 Å². The Morgan fingerprint density at radius 1 is 1.13 bits per heavy atom. The Balaban J connectivity index is 1.75. The molecule has 8 nitrogen and oxygen atoms in total. The van der Waals surface area contributed by atoms with Crippen LogP contribution in [0.2, 0.25) is 0 Å². The fraction of sp³-hybridized carbons (Fsp3) is 0.333. The highest BCUT2D eigenvalue weighted by Crippen LogP contribution is 2.28. The minimum absolute atomic E-state index is 0.552. The maximum Gasteiger partial charge on any atom is 0.213 e. The quantitative estimate of drug-likeness (QED) is 0.740. The van der Waals surface area contributed by atoms with Crippen molar-refractivity contribution in [3.8, 4) is 17.3 Å². The summed E-state index contributed by atoms with van der Waals surface area (Å²) in [5.74, 6) is 1.48. The van der Waals surface area contributed by atoms with Crippen LogP contribution in [0.1, 0.15) is 0 Å². The molecule has 2 N–H and O–H groups in total. The molecule has 0 atom stereocenters. The van der Waals surface area contributed by atoms with E-state index in [9.17, 15) is 0 Å². The largest absolute Gasteiger partial charge is 0.481 e. The number of aromatic nitrogens is 5. The number of aromatic amines is 1. The first-order valence-corrected chi connectivity index (χ1v) is 7.51. The van der Waals surface area contributed by atoms with Crippen molar-refractivity contribution in [2.75, 3.05) is 38.2 Å². The van der Waals surface area contributed by atoms with Crippen LogP contribution in [0.25, 0.3) is 22.3 Å². The molecule has 1 saturated heterocycles. The van der Waals surface area contributed by atoms with Crippen LogP contribution in [-0.4, -0.2) is 58.4 Å². The van der Waals surface area contributed by atoms with E-state index in [1.807, 2.05) is 12.1 Å². The summed E-state index contributed by atoms with van der Waals surface area (Å²) in [6.45, 7) is 3.81. The number of H-pyrrole nitrogens is 1. The Hall–Kier alpha value is -2.74. The third-order valence-electron chi connectivity index (χ3n) is 3.97. The van der Waals surface area contributed by atoms with Crippen LogP contribution in [0, 0.1) is 0 Å². The molecule has 3 aromatic heterocycles. The average molecular weight is 311 g/mol. The number of hydrogen-bond acceptors (Lipinski definition) is 7. The predicted molar refractivity (Wildman–Crippen MR) is 86.5 cm³/mol. The van der Waals surface area contributed by atoms with Gasteiger partial charge in [0.25, 0.3) is 0 Å². The molecule has 1 fully saturated rings. The average Bonchev–Trinajstić information content (AvgIpc) is 3.05. The van der Waals surface area contributed by atoms with E-state index in [1.54, 1.807) is 19.6 Å². The lowest BCUT2D eigenvalue weighted by Gasteiger charge is -2.28. The Morgan fingerprint density at radius 2 is 2.00 bits per heavy atom. The van der Waals surface area contributed by atoms with Crippen molar-refractivity contribution in [2.45, 2.75) is 0 Å². The van der Waals surface area contributed by atoms with E-state index in [4.69, 9.17) is 4.74 Å². The van der Waals surface area contributed by atoms with E-state index in [0.717, 1.165) is 54.3 Å². The van der Waals surface area contributed by atoms with Crippen molar-refractivity contribution >= 4 is 16.7 Å². The van der Waals surface area contributed by atoms with Gasteiger partial charge in [-0.05, 0) is 0 Å². The van der Waals surface area contributed by atoms with Crippen LogP contribution >= 0.6 is 0 Å². The summed E-state index contributed by atoms with van der Waals surface area (Å²) in [6.07, 6.45) is 3.30. The van der Waals surface area contributed by atoms with Crippen LogP contribution in [0.15, 0.2) is 24.7 Å². The van der Waals surface area contributed by atoms with E-state index in [0.29, 0.717) is 5.88 Å². The molecule has 0 amide bonds. The number of piperazine rings is 1. The molecule has 8 heteroatoms. The first-order valence-electron chi connectivity index (χ1n) is 7.51. The Labute approximate surface area is 132 Å². The Kier molecular flexibility index (Phi) is 3.51. The molecule has 4 rings (SSSR count). The molecule has 1 aliphatic heterocycles. The molecule has 0 radical (unpaired) electrons. The SMILES string of the molecule is COc1cc2c(-c3cc(N4CCNCC4)ncn3)n[nH]c2cn1. The highest BCUT2D eigenvalue weighted by molar-refractivity contribution is 5.92. The van der Waals surface area contributed by atoms with Gasteiger partial charge < -0.3 is 15.0 Å². The van der Waals surface area contributed by atoms with Crippen LogP contribution in [0.4, 0.5) is 5.82 Å². The van der Waals surface area contributed by atoms with Crippen LogP contribution in [0.5, 0.6) is 5.88 Å². The summed E-state index contributed by atoms with van der Waals surface area (Å²) >= 11 is 0. The number of methoxy groups -OCH3 is 1. The van der Waals surface area contributed by atoms with Crippen LogP contribution in [-0.2, 0) is 0 Å². The van der Waals surface area contributed by atoms with Gasteiger partial charge in [-0.1, -0.05) is 0 Å². The number of rotatable bonds is 3. The Morgan fingerprint density at radius 3 is 2.83 bits per heavy atom. The number of hydrogen-bond donors (Lipinski definition) is 2. The first kappa shape index (κ1) is 13.9. The lowest BCUT2D eigenvalue weighted by Crippen LogP contribution is -2.43. The van der Waals surface area contributed by atoms with Gasteiger partial charge in [-0.15, -0.1) is 0 Å². The normalized spacial score (nSPS) is 15.1. The van der Waals surface area contributed by atoms with E-state index in [1.165, 1.54) is 0 Å². The lowest BCUT2D eigenvalue weighted by molar-refractivity contribution is 0.399. The summed E-state index contributed by atoms with van der Waals surface area (Å²) in [5, 5.41) is 11.6. The molecule has 0 saturated carbocycles. The highest BCUT2D eigenvalue weighted by Gasteiger charge is 2.16. The number of nitrogens with zero attached hydrogens (tertiary/aromatic N) is 5. The van der Waals surface area contributed by atoms with Crippen LogP contribution < -0.4 is 15.0 Å². The van der Waals surface area contributed by atoms with Gasteiger partial charge in [-0.3, -0.25) is 5.10 Å². The molecule has 0 aromatic carbocycles. The third kappa shape index (κ3) is 2.57. The van der Waals surface area contributed by atoms with Crippen molar-refractivity contribution < 1.29 is 4.74 Å². The summed E-state index contributed by atoms with van der Waals surface area (Å²) < 4.78 is 5.20. The predicted octanol–water partition coefficient (Wildman–Crippen LogP) is 0.833. The van der Waals surface area contributed by atoms with Crippen molar-refractivity contribution in [1.82, 2.24) is 30.5 Å². The van der Waals surface area contributed by atoms with E-state index >= 15 is 0 Å². The van der Waals surface area contributed by atoms with Gasteiger partial charge in [0.1, 0.15) is 17.8 Å². The standard InChI is InChI=1S/C15H17N7O/c1-23-14-6-10-12(8-17-14)20-21-15(10)11-7-13(19-9-18-11)22-4-2-16-3-5-22/h6-9,16H,2-5H2,1H3,(H,20,21). The van der Waals surface area contributed by atoms with Gasteiger partial charge in [0.05, 0.1) is 24.5 Å². The highest BCUT2D eigenvalue weighted by atomic mass is 16.5. The second-order valence-corrected chi connectivity index (χ2v) is 5.34. The van der Waals surface area contributed by atoms with Crippen molar-refractivity contribution in [3.05, 3.63) is 24.7 Å². The first-order chi connectivity index (χ1) is 11.3. The van der Waals surface area contributed by atoms with Crippen LogP contribution in [0.3, 0.4) is 0 Å². The summed E-state index contributed by atoms with van der Waals surface area (Å²) in [7, 11) is 1.60. The molecule has 0 aliphatic carbocycles. The third-order valence-corrected chi connectivity index (χ3v) is 3.97. The molecule has 4 heterocycles. The van der Waals surface area contributed by atoms with Gasteiger partial charge in [-0.2, -0.15) is 5.10 Å². The number of nitrogens with one attached hydrogen (secondary N) is 2. The fourth-order valence-corrected chi connectivity index (χ4v) is 2.75. The molecule has 118 valence electrons. The minimum atomic E-state index is 0.552. The number of fused-ring (bicyclic) bond motifs is 1. The van der Waals surface area contributed by atoms with Gasteiger partial charge in [0, 0.05) is 43.7 Å². The second kappa shape index (κ2) is 5.81. The molecular weight excluding hydrogens is 294 g/mol. The lowest BCUT2D eigenvalue weighted by atomic mass is 10.2. The second-order valence-electron chi connectivity index (χ2n) is 5.34. The van der Waals surface area contributed by atoms with E-state index < -0.39 is 0 Å². The summed E-state index contributed by atoms with van der Waals surface area (Å²) in [5.41, 5.74) is 2.41. The molecule has 0 spiro atoms. The minimum Gasteiger partial charge on any atom is -0.481 e. The van der Waals surface area contributed by atoms with E-state index in [-0.39, 0.29) is 0 Å². The van der Waals surface area contributed by atoms with Gasteiger partial charge in [-0.25, -0.2) is 15.0 Å². The molecular formula is C15H17N7O. The maximum absolute atomic E-state index is 5.20.